The molecule has 14 heteroatoms. The van der Waals surface area contributed by atoms with Crippen molar-refractivity contribution in [2.75, 3.05) is 26.9 Å². The highest BCUT2D eigenvalue weighted by Gasteiger charge is 2.32. The Hall–Kier alpha value is -4.65. The topological polar surface area (TPSA) is 149 Å². The number of hydrogen-bond acceptors (Lipinski definition) is 10. The van der Waals surface area contributed by atoms with E-state index in [1.165, 1.54) is 13.3 Å². The predicted molar refractivity (Wildman–Crippen MR) is 177 cm³/mol. The summed E-state index contributed by atoms with van der Waals surface area (Å²) in [6.07, 6.45) is 0.358. The summed E-state index contributed by atoms with van der Waals surface area (Å²) in [5.74, 6) is 1.20. The number of amides is 2. The van der Waals surface area contributed by atoms with E-state index >= 15 is 0 Å². The number of hydrogen-bond donors (Lipinski definition) is 4. The van der Waals surface area contributed by atoms with Gasteiger partial charge in [-0.25, -0.2) is 9.59 Å². The Morgan fingerprint density at radius 3 is 2.36 bits per heavy atom. The van der Waals surface area contributed by atoms with Gasteiger partial charge in [0.15, 0.2) is 29.2 Å². The molecule has 0 saturated carbocycles. The molecule has 0 aliphatic carbocycles. The van der Waals surface area contributed by atoms with Crippen LogP contribution in [-0.4, -0.2) is 56.5 Å². The van der Waals surface area contributed by atoms with Gasteiger partial charge < -0.3 is 39.4 Å². The van der Waals surface area contributed by atoms with Gasteiger partial charge >= 0.3 is 12.0 Å². The Bertz CT molecular complexity index is 1650. The lowest BCUT2D eigenvalue weighted by Gasteiger charge is -2.28. The molecule has 0 bridgehead atoms. The van der Waals surface area contributed by atoms with Gasteiger partial charge in [0.1, 0.15) is 13.2 Å². The summed E-state index contributed by atoms with van der Waals surface area (Å²) >= 11 is 12.1. The number of carbonyl (C=O) groups is 2. The predicted octanol–water partition coefficient (Wildman–Crippen LogP) is 5.49. The number of allylic oxidation sites excluding steroid dienone is 1. The van der Waals surface area contributed by atoms with Gasteiger partial charge in [-0.05, 0) is 79.9 Å². The fraction of sp³-hybridized carbons (Fsp3) is 0.303. The van der Waals surface area contributed by atoms with Crippen LogP contribution in [0.2, 0.25) is 10.0 Å². The molecule has 0 saturated heterocycles. The minimum atomic E-state index is -1.17. The summed E-state index contributed by atoms with van der Waals surface area (Å²) < 4.78 is 28.2. The molecule has 1 heterocycles. The maximum absolute atomic E-state index is 12.5. The van der Waals surface area contributed by atoms with Crippen LogP contribution in [0.4, 0.5) is 4.79 Å². The SMILES string of the molecule is CCOc1cc(/C=N\N[C@@H](O)COc2ccc([C@@H]3NC(=O)NC(C)=C3C(=O)OC)cc2OCC)ccc1OCc1ccc(Cl)c(Cl)c1. The fourth-order valence-corrected chi connectivity index (χ4v) is 4.92. The number of esters is 1. The molecule has 250 valence electrons. The monoisotopic (exact) mass is 686 g/mol. The van der Waals surface area contributed by atoms with E-state index in [1.807, 2.05) is 19.9 Å². The summed E-state index contributed by atoms with van der Waals surface area (Å²) in [6.45, 7) is 6.16. The third kappa shape index (κ3) is 9.44. The molecular formula is C33H36Cl2N4O8. The van der Waals surface area contributed by atoms with Crippen LogP contribution < -0.4 is 35.0 Å². The van der Waals surface area contributed by atoms with Crippen LogP contribution in [0.5, 0.6) is 23.0 Å². The number of aliphatic hydroxyl groups excluding tert-OH is 1. The van der Waals surface area contributed by atoms with Crippen molar-refractivity contribution >= 4 is 41.4 Å². The Kier molecular flexibility index (Phi) is 12.6. The van der Waals surface area contributed by atoms with E-state index in [4.69, 9.17) is 46.9 Å². The van der Waals surface area contributed by atoms with Crippen molar-refractivity contribution in [3.05, 3.63) is 92.6 Å². The molecule has 3 aromatic rings. The maximum Gasteiger partial charge on any atom is 0.337 e. The number of urea groups is 1. The van der Waals surface area contributed by atoms with Crippen LogP contribution >= 0.6 is 23.2 Å². The lowest BCUT2D eigenvalue weighted by Crippen LogP contribution is -2.45. The number of methoxy groups -OCH3 is 1. The Labute approximate surface area is 282 Å². The average Bonchev–Trinajstić information content (AvgIpc) is 3.05. The minimum absolute atomic E-state index is 0.168. The third-order valence-corrected chi connectivity index (χ3v) is 7.49. The summed E-state index contributed by atoms with van der Waals surface area (Å²) in [6, 6.07) is 14.4. The van der Waals surface area contributed by atoms with Crippen LogP contribution in [0, 0.1) is 0 Å². The molecule has 2 atom stereocenters. The highest BCUT2D eigenvalue weighted by Crippen LogP contribution is 2.35. The van der Waals surface area contributed by atoms with Gasteiger partial charge in [0.2, 0.25) is 0 Å². The number of nitrogens with one attached hydrogen (secondary N) is 3. The van der Waals surface area contributed by atoms with E-state index < -0.39 is 24.3 Å². The number of benzene rings is 3. The zero-order chi connectivity index (χ0) is 33.9. The molecular weight excluding hydrogens is 651 g/mol. The molecule has 0 unspecified atom stereocenters. The third-order valence-electron chi connectivity index (χ3n) is 6.76. The Morgan fingerprint density at radius 1 is 0.957 bits per heavy atom. The first-order valence-electron chi connectivity index (χ1n) is 14.7. The van der Waals surface area contributed by atoms with E-state index in [2.05, 4.69) is 21.2 Å². The summed E-state index contributed by atoms with van der Waals surface area (Å²) in [4.78, 5) is 24.6. The van der Waals surface area contributed by atoms with Crippen molar-refractivity contribution in [1.29, 1.82) is 0 Å². The standard InChI is InChI=1S/C33H36Cl2N4O8/c1-5-44-27-14-20(8-11-25(27)46-17-21-7-10-23(34)24(35)13-21)16-36-39-29(40)18-47-26-12-9-22(15-28(26)45-6-2)31-30(32(41)43-4)19(3)37-33(42)38-31/h7-16,29,31,39-40H,5-6,17-18H2,1-4H3,(H2,37,38,42)/b36-16-/t29-,31-/m0/s1. The fourth-order valence-electron chi connectivity index (χ4n) is 4.60. The van der Waals surface area contributed by atoms with E-state index in [-0.39, 0.29) is 18.8 Å². The van der Waals surface area contributed by atoms with Gasteiger partial charge in [-0.2, -0.15) is 5.10 Å². The number of hydrazone groups is 1. The van der Waals surface area contributed by atoms with Crippen molar-refractivity contribution in [3.63, 3.8) is 0 Å². The second-order valence-electron chi connectivity index (χ2n) is 10.1. The van der Waals surface area contributed by atoms with Crippen molar-refractivity contribution < 1.29 is 38.4 Å². The quantitative estimate of drug-likeness (QED) is 0.0705. The van der Waals surface area contributed by atoms with Crippen LogP contribution in [0.15, 0.2) is 71.0 Å². The molecule has 0 spiro atoms. The summed E-state index contributed by atoms with van der Waals surface area (Å²) in [5.41, 5.74) is 5.41. The number of ether oxygens (including phenoxy) is 5. The molecule has 0 aromatic heterocycles. The first-order chi connectivity index (χ1) is 22.6. The molecule has 0 radical (unpaired) electrons. The average molecular weight is 688 g/mol. The summed E-state index contributed by atoms with van der Waals surface area (Å²) in [5, 5.41) is 20.9. The summed E-state index contributed by atoms with van der Waals surface area (Å²) in [7, 11) is 1.27. The van der Waals surface area contributed by atoms with E-state index in [0.29, 0.717) is 63.1 Å². The number of halogens is 2. The van der Waals surface area contributed by atoms with Crippen molar-refractivity contribution in [2.45, 2.75) is 39.6 Å². The molecule has 47 heavy (non-hydrogen) atoms. The molecule has 1 aliphatic rings. The lowest BCUT2D eigenvalue weighted by molar-refractivity contribution is -0.136. The highest BCUT2D eigenvalue weighted by molar-refractivity contribution is 6.42. The van der Waals surface area contributed by atoms with Crippen LogP contribution in [0.25, 0.3) is 0 Å². The van der Waals surface area contributed by atoms with E-state index in [1.54, 1.807) is 55.5 Å². The zero-order valence-electron chi connectivity index (χ0n) is 26.3. The number of nitrogens with zero attached hydrogens (tertiary/aromatic N) is 1. The first-order valence-corrected chi connectivity index (χ1v) is 15.4. The van der Waals surface area contributed by atoms with Gasteiger partial charge in [-0.15, -0.1) is 0 Å². The van der Waals surface area contributed by atoms with Gasteiger partial charge in [0.25, 0.3) is 0 Å². The smallest absolute Gasteiger partial charge is 0.337 e. The van der Waals surface area contributed by atoms with E-state index in [0.717, 1.165) is 5.56 Å². The highest BCUT2D eigenvalue weighted by atomic mass is 35.5. The Morgan fingerprint density at radius 2 is 1.66 bits per heavy atom. The zero-order valence-corrected chi connectivity index (χ0v) is 27.8. The first kappa shape index (κ1) is 35.2. The van der Waals surface area contributed by atoms with Crippen LogP contribution in [0.3, 0.4) is 0 Å². The number of carbonyl (C=O) groups excluding carboxylic acids is 2. The van der Waals surface area contributed by atoms with Crippen molar-refractivity contribution in [3.8, 4) is 23.0 Å². The number of rotatable bonds is 15. The second kappa shape index (κ2) is 16.8. The molecule has 0 fully saturated rings. The molecule has 4 rings (SSSR count). The molecule has 2 amide bonds. The van der Waals surface area contributed by atoms with Crippen LogP contribution in [-0.2, 0) is 16.1 Å². The Balaban J connectivity index is 1.37. The van der Waals surface area contributed by atoms with Crippen molar-refractivity contribution in [2.24, 2.45) is 5.10 Å². The van der Waals surface area contributed by atoms with E-state index in [9.17, 15) is 14.7 Å². The lowest BCUT2D eigenvalue weighted by atomic mass is 9.95. The molecule has 12 nitrogen and oxygen atoms in total. The largest absolute Gasteiger partial charge is 0.490 e. The normalized spacial score (nSPS) is 15.0. The van der Waals surface area contributed by atoms with Gasteiger partial charge in [-0.3, -0.25) is 5.43 Å². The maximum atomic E-state index is 12.5. The van der Waals surface area contributed by atoms with Gasteiger partial charge in [-0.1, -0.05) is 35.3 Å². The van der Waals surface area contributed by atoms with Crippen LogP contribution in [0.1, 0.15) is 43.5 Å². The molecule has 1 aliphatic heterocycles. The molecule has 3 aromatic carbocycles. The minimum Gasteiger partial charge on any atom is -0.490 e. The second-order valence-corrected chi connectivity index (χ2v) is 10.9. The van der Waals surface area contributed by atoms with Crippen molar-refractivity contribution in [1.82, 2.24) is 16.1 Å². The molecule has 4 N–H and O–H groups in total. The van der Waals surface area contributed by atoms with Gasteiger partial charge in [0.05, 0.1) is 48.2 Å². The number of aliphatic hydroxyl groups is 1. The van der Waals surface area contributed by atoms with Gasteiger partial charge in [0, 0.05) is 5.70 Å².